The predicted octanol–water partition coefficient (Wildman–Crippen LogP) is -0.208. The molecule has 0 aliphatic carbocycles. The summed E-state index contributed by atoms with van der Waals surface area (Å²) in [6, 6.07) is 0. The van der Waals surface area contributed by atoms with Gasteiger partial charge in [0.25, 0.3) is 0 Å². The molecule has 0 amide bonds. The Balaban J connectivity index is 2.28. The lowest BCUT2D eigenvalue weighted by Crippen LogP contribution is -2.45. The first-order valence-corrected chi connectivity index (χ1v) is 4.29. The molecule has 0 spiro atoms. The lowest BCUT2D eigenvalue weighted by Gasteiger charge is -2.27. The van der Waals surface area contributed by atoms with E-state index < -0.39 is 5.60 Å². The molecule has 1 fully saturated rings. The molecule has 1 rings (SSSR count). The Morgan fingerprint density at radius 3 is 2.45 bits per heavy atom. The van der Waals surface area contributed by atoms with Crippen LogP contribution in [0.1, 0.15) is 19.8 Å². The maximum atomic E-state index is 9.62. The van der Waals surface area contributed by atoms with E-state index in [0.717, 1.165) is 19.6 Å². The molecule has 1 heterocycles. The van der Waals surface area contributed by atoms with Crippen molar-refractivity contribution in [3.05, 3.63) is 0 Å². The van der Waals surface area contributed by atoms with Crippen molar-refractivity contribution < 1.29 is 5.11 Å². The first kappa shape index (κ1) is 8.97. The Hall–Kier alpha value is -0.120. The van der Waals surface area contributed by atoms with Crippen molar-refractivity contribution in [1.82, 2.24) is 4.90 Å². The van der Waals surface area contributed by atoms with E-state index in [1.807, 2.05) is 0 Å². The number of nitrogens with zero attached hydrogens (tertiary/aromatic N) is 1. The van der Waals surface area contributed by atoms with Crippen LogP contribution in [-0.2, 0) is 0 Å². The minimum atomic E-state index is -0.690. The summed E-state index contributed by atoms with van der Waals surface area (Å²) in [6.07, 6.45) is 2.53. The van der Waals surface area contributed by atoms with Gasteiger partial charge >= 0.3 is 0 Å². The third kappa shape index (κ3) is 2.77. The number of hydrogen-bond donors (Lipinski definition) is 2. The SMILES string of the molecule is CC(O)(CN)CN1CCCC1. The Kier molecular flexibility index (Phi) is 2.87. The molecule has 3 nitrogen and oxygen atoms in total. The molecule has 1 saturated heterocycles. The standard InChI is InChI=1S/C8H18N2O/c1-8(11,6-9)7-10-4-2-3-5-10/h11H,2-7,9H2,1H3. The molecular weight excluding hydrogens is 140 g/mol. The minimum Gasteiger partial charge on any atom is -0.388 e. The fraction of sp³-hybridized carbons (Fsp3) is 1.00. The van der Waals surface area contributed by atoms with E-state index in [-0.39, 0.29) is 0 Å². The largest absolute Gasteiger partial charge is 0.388 e. The van der Waals surface area contributed by atoms with Gasteiger partial charge in [0.2, 0.25) is 0 Å². The van der Waals surface area contributed by atoms with Crippen LogP contribution in [0.2, 0.25) is 0 Å². The summed E-state index contributed by atoms with van der Waals surface area (Å²) in [7, 11) is 0. The van der Waals surface area contributed by atoms with Crippen molar-refractivity contribution in [3.63, 3.8) is 0 Å². The van der Waals surface area contributed by atoms with Gasteiger partial charge in [-0.3, -0.25) is 0 Å². The van der Waals surface area contributed by atoms with E-state index in [4.69, 9.17) is 5.73 Å². The van der Waals surface area contributed by atoms with Gasteiger partial charge in [-0.05, 0) is 32.9 Å². The highest BCUT2D eigenvalue weighted by Gasteiger charge is 2.23. The lowest BCUT2D eigenvalue weighted by atomic mass is 10.1. The number of likely N-dealkylation sites (tertiary alicyclic amines) is 1. The smallest absolute Gasteiger partial charge is 0.0867 e. The fourth-order valence-electron chi connectivity index (χ4n) is 1.49. The summed E-state index contributed by atoms with van der Waals surface area (Å²) >= 11 is 0. The summed E-state index contributed by atoms with van der Waals surface area (Å²) in [5.41, 5.74) is 4.72. The van der Waals surface area contributed by atoms with Crippen LogP contribution in [-0.4, -0.2) is 41.8 Å². The second kappa shape index (κ2) is 3.52. The van der Waals surface area contributed by atoms with Crippen LogP contribution in [0.3, 0.4) is 0 Å². The molecular formula is C8H18N2O. The fourth-order valence-corrected chi connectivity index (χ4v) is 1.49. The van der Waals surface area contributed by atoms with Gasteiger partial charge in [-0.1, -0.05) is 0 Å². The second-order valence-corrected chi connectivity index (χ2v) is 3.68. The zero-order valence-electron chi connectivity index (χ0n) is 7.21. The molecule has 0 aromatic rings. The second-order valence-electron chi connectivity index (χ2n) is 3.68. The highest BCUT2D eigenvalue weighted by Crippen LogP contribution is 2.11. The van der Waals surface area contributed by atoms with Crippen molar-refractivity contribution in [1.29, 1.82) is 0 Å². The average molecular weight is 158 g/mol. The maximum Gasteiger partial charge on any atom is 0.0867 e. The van der Waals surface area contributed by atoms with Crippen LogP contribution in [0, 0.1) is 0 Å². The zero-order valence-corrected chi connectivity index (χ0v) is 7.21. The van der Waals surface area contributed by atoms with Gasteiger partial charge in [0.05, 0.1) is 5.60 Å². The van der Waals surface area contributed by atoms with E-state index >= 15 is 0 Å². The Morgan fingerprint density at radius 1 is 1.45 bits per heavy atom. The number of nitrogens with two attached hydrogens (primary N) is 1. The molecule has 1 unspecified atom stereocenters. The summed E-state index contributed by atoms with van der Waals surface area (Å²) in [5.74, 6) is 0. The van der Waals surface area contributed by atoms with Crippen LogP contribution in [0.15, 0.2) is 0 Å². The summed E-state index contributed by atoms with van der Waals surface area (Å²) in [5, 5.41) is 9.62. The summed E-state index contributed by atoms with van der Waals surface area (Å²) in [6.45, 7) is 5.12. The van der Waals surface area contributed by atoms with E-state index in [2.05, 4.69) is 4.90 Å². The molecule has 0 radical (unpaired) electrons. The number of hydrogen-bond acceptors (Lipinski definition) is 3. The van der Waals surface area contributed by atoms with Crippen molar-refractivity contribution in [3.8, 4) is 0 Å². The highest BCUT2D eigenvalue weighted by molar-refractivity contribution is 4.80. The van der Waals surface area contributed by atoms with Gasteiger partial charge in [0.1, 0.15) is 0 Å². The van der Waals surface area contributed by atoms with Crippen LogP contribution >= 0.6 is 0 Å². The van der Waals surface area contributed by atoms with Gasteiger partial charge in [0, 0.05) is 13.1 Å². The van der Waals surface area contributed by atoms with Gasteiger partial charge in [-0.2, -0.15) is 0 Å². The Labute approximate surface area is 68.2 Å². The number of aliphatic hydroxyl groups is 1. The molecule has 1 atom stereocenters. The third-order valence-electron chi connectivity index (χ3n) is 2.20. The number of β-amino-alcohol motifs (C(OH)–C–C–N with tert-alkyl or cyclic N) is 1. The topological polar surface area (TPSA) is 49.5 Å². The molecule has 66 valence electrons. The molecule has 11 heavy (non-hydrogen) atoms. The van der Waals surface area contributed by atoms with Gasteiger partial charge < -0.3 is 15.7 Å². The van der Waals surface area contributed by atoms with Crippen LogP contribution in [0.5, 0.6) is 0 Å². The normalized spacial score (nSPS) is 25.4. The van der Waals surface area contributed by atoms with E-state index in [9.17, 15) is 5.11 Å². The molecule has 3 N–H and O–H groups in total. The van der Waals surface area contributed by atoms with Crippen LogP contribution < -0.4 is 5.73 Å². The van der Waals surface area contributed by atoms with Crippen molar-refractivity contribution >= 4 is 0 Å². The van der Waals surface area contributed by atoms with Crippen molar-refractivity contribution in [2.45, 2.75) is 25.4 Å². The van der Waals surface area contributed by atoms with Crippen LogP contribution in [0.4, 0.5) is 0 Å². The van der Waals surface area contributed by atoms with E-state index in [1.54, 1.807) is 6.92 Å². The lowest BCUT2D eigenvalue weighted by molar-refractivity contribution is 0.0345. The Bertz CT molecular complexity index is 119. The average Bonchev–Trinajstić information content (AvgIpc) is 2.39. The van der Waals surface area contributed by atoms with Gasteiger partial charge in [0.15, 0.2) is 0 Å². The van der Waals surface area contributed by atoms with E-state index in [1.165, 1.54) is 12.8 Å². The minimum absolute atomic E-state index is 0.351. The summed E-state index contributed by atoms with van der Waals surface area (Å²) < 4.78 is 0. The molecule has 0 aromatic carbocycles. The third-order valence-corrected chi connectivity index (χ3v) is 2.20. The van der Waals surface area contributed by atoms with Gasteiger partial charge in [-0.25, -0.2) is 0 Å². The molecule has 0 bridgehead atoms. The molecule has 0 saturated carbocycles. The molecule has 0 aromatic heterocycles. The Morgan fingerprint density at radius 2 is 2.00 bits per heavy atom. The monoisotopic (exact) mass is 158 g/mol. The predicted molar refractivity (Wildman–Crippen MR) is 45.4 cm³/mol. The highest BCUT2D eigenvalue weighted by atomic mass is 16.3. The maximum absolute atomic E-state index is 9.62. The van der Waals surface area contributed by atoms with Crippen molar-refractivity contribution in [2.24, 2.45) is 5.73 Å². The van der Waals surface area contributed by atoms with Crippen molar-refractivity contribution in [2.75, 3.05) is 26.2 Å². The first-order chi connectivity index (χ1) is 5.14. The first-order valence-electron chi connectivity index (χ1n) is 4.29. The van der Waals surface area contributed by atoms with Gasteiger partial charge in [-0.15, -0.1) is 0 Å². The quantitative estimate of drug-likeness (QED) is 0.597. The van der Waals surface area contributed by atoms with E-state index in [0.29, 0.717) is 6.54 Å². The number of rotatable bonds is 3. The van der Waals surface area contributed by atoms with Crippen LogP contribution in [0.25, 0.3) is 0 Å². The summed E-state index contributed by atoms with van der Waals surface area (Å²) in [4.78, 5) is 2.27. The molecule has 1 aliphatic heterocycles. The molecule has 1 aliphatic rings. The zero-order chi connectivity index (χ0) is 8.32. The molecule has 3 heteroatoms.